The van der Waals surface area contributed by atoms with E-state index in [-0.39, 0.29) is 18.5 Å². The van der Waals surface area contributed by atoms with Crippen LogP contribution in [-0.2, 0) is 21.9 Å². The number of amides is 1. The number of carbonyl (C=O) groups is 2. The maximum atomic E-state index is 12.8. The smallest absolute Gasteiger partial charge is 0.416 e. The lowest BCUT2D eigenvalue weighted by Gasteiger charge is -2.20. The Balaban J connectivity index is 0.00000288. The predicted octanol–water partition coefficient (Wildman–Crippen LogP) is 0.166. The summed E-state index contributed by atoms with van der Waals surface area (Å²) in [4.78, 5) is 23.2. The molecule has 1 saturated heterocycles. The van der Waals surface area contributed by atoms with E-state index in [0.717, 1.165) is 0 Å². The second-order valence-corrected chi connectivity index (χ2v) is 5.01. The highest BCUT2D eigenvalue weighted by Crippen LogP contribution is 2.39. The van der Waals surface area contributed by atoms with E-state index in [0.29, 0.717) is 17.0 Å². The number of aliphatic carboxylic acids is 1. The van der Waals surface area contributed by atoms with Crippen molar-refractivity contribution >= 4 is 17.6 Å². The summed E-state index contributed by atoms with van der Waals surface area (Å²) in [5, 5.41) is 8.82. The normalized spacial score (nSPS) is 18.5. The molecule has 0 spiro atoms. The lowest BCUT2D eigenvalue weighted by molar-refractivity contribution is -0.143. The van der Waals surface area contributed by atoms with Gasteiger partial charge in [0.1, 0.15) is 0 Å². The second-order valence-electron chi connectivity index (χ2n) is 5.01. The maximum absolute atomic E-state index is 12.8. The molecule has 1 atom stereocenters. The minimum atomic E-state index is -5.04. The Morgan fingerprint density at radius 3 is 1.83 bits per heavy atom. The van der Waals surface area contributed by atoms with E-state index in [9.17, 15) is 35.9 Å². The maximum Gasteiger partial charge on any atom is 0.416 e. The highest BCUT2D eigenvalue weighted by Gasteiger charge is 2.40. The number of hydrogen-bond donors (Lipinski definition) is 1. The zero-order chi connectivity index (χ0) is 17.6. The van der Waals surface area contributed by atoms with Gasteiger partial charge in [-0.2, -0.15) is 26.3 Å². The lowest BCUT2D eigenvalue weighted by Crippen LogP contribution is -3.00. The zero-order valence-corrected chi connectivity index (χ0v) is 12.3. The van der Waals surface area contributed by atoms with E-state index < -0.39 is 59.9 Å². The summed E-state index contributed by atoms with van der Waals surface area (Å²) in [6, 6.07) is 0.744. The first kappa shape index (κ1) is 20.1. The molecule has 134 valence electrons. The van der Waals surface area contributed by atoms with E-state index in [1.165, 1.54) is 0 Å². The molecule has 1 heterocycles. The third-order valence-corrected chi connectivity index (χ3v) is 3.36. The third-order valence-electron chi connectivity index (χ3n) is 3.36. The molecule has 1 aliphatic heterocycles. The summed E-state index contributed by atoms with van der Waals surface area (Å²) in [7, 11) is 0. The van der Waals surface area contributed by atoms with Crippen molar-refractivity contribution in [3.05, 3.63) is 29.3 Å². The van der Waals surface area contributed by atoms with Crippen LogP contribution < -0.4 is 17.3 Å². The van der Waals surface area contributed by atoms with Crippen molar-refractivity contribution in [3.8, 4) is 0 Å². The first-order valence-corrected chi connectivity index (χ1v) is 6.22. The topological polar surface area (TPSA) is 57.6 Å². The lowest BCUT2D eigenvalue weighted by atomic mass is 10.1. The molecule has 0 aliphatic carbocycles. The zero-order valence-electron chi connectivity index (χ0n) is 11.6. The fourth-order valence-corrected chi connectivity index (χ4v) is 2.22. The van der Waals surface area contributed by atoms with Crippen LogP contribution in [-0.4, -0.2) is 23.5 Å². The van der Waals surface area contributed by atoms with Gasteiger partial charge in [-0.3, -0.25) is 9.59 Å². The van der Waals surface area contributed by atoms with Crippen molar-refractivity contribution in [1.82, 2.24) is 0 Å². The van der Waals surface area contributed by atoms with Crippen molar-refractivity contribution in [2.75, 3.05) is 11.4 Å². The highest BCUT2D eigenvalue weighted by atomic mass is 35.5. The summed E-state index contributed by atoms with van der Waals surface area (Å²) >= 11 is 0. The van der Waals surface area contributed by atoms with Gasteiger partial charge in [0.25, 0.3) is 0 Å². The number of alkyl halides is 6. The quantitative estimate of drug-likeness (QED) is 0.749. The molecule has 1 aliphatic rings. The van der Waals surface area contributed by atoms with Crippen LogP contribution in [0.4, 0.5) is 32.0 Å². The van der Waals surface area contributed by atoms with Gasteiger partial charge in [-0.15, -0.1) is 0 Å². The van der Waals surface area contributed by atoms with Crippen molar-refractivity contribution in [3.63, 3.8) is 0 Å². The molecule has 24 heavy (non-hydrogen) atoms. The predicted molar refractivity (Wildman–Crippen MR) is 64.5 cm³/mol. The van der Waals surface area contributed by atoms with Crippen molar-refractivity contribution in [1.29, 1.82) is 0 Å². The van der Waals surface area contributed by atoms with Crippen molar-refractivity contribution in [2.24, 2.45) is 5.92 Å². The molecule has 1 N–H and O–H groups in total. The van der Waals surface area contributed by atoms with Crippen molar-refractivity contribution < 1.29 is 53.4 Å². The van der Waals surface area contributed by atoms with Gasteiger partial charge in [-0.25, -0.2) is 0 Å². The van der Waals surface area contributed by atoms with Gasteiger partial charge in [0, 0.05) is 18.7 Å². The number of benzene rings is 1. The van der Waals surface area contributed by atoms with Crippen LogP contribution >= 0.6 is 0 Å². The molecule has 0 bridgehead atoms. The fraction of sp³-hybridized carbons (Fsp3) is 0.385. The van der Waals surface area contributed by atoms with Gasteiger partial charge in [0.2, 0.25) is 5.91 Å². The van der Waals surface area contributed by atoms with Crippen LogP contribution in [0.25, 0.3) is 0 Å². The Morgan fingerprint density at radius 1 is 1.04 bits per heavy atom. The molecule has 2 rings (SSSR count). The molecular weight excluding hydrogens is 368 g/mol. The van der Waals surface area contributed by atoms with Crippen LogP contribution in [0.3, 0.4) is 0 Å². The summed E-state index contributed by atoms with van der Waals surface area (Å²) in [5.74, 6) is -3.36. The first-order valence-electron chi connectivity index (χ1n) is 6.22. The van der Waals surface area contributed by atoms with Gasteiger partial charge in [0.15, 0.2) is 0 Å². The summed E-state index contributed by atoms with van der Waals surface area (Å²) in [6.45, 7) is -0.479. The van der Waals surface area contributed by atoms with Gasteiger partial charge >= 0.3 is 18.3 Å². The molecule has 0 saturated carbocycles. The number of hydrogen-bond acceptors (Lipinski definition) is 2. The second kappa shape index (κ2) is 6.50. The Labute approximate surface area is 137 Å². The Morgan fingerprint density at radius 2 is 1.50 bits per heavy atom. The molecular formula is C13H9ClF6NO3-. The minimum Gasteiger partial charge on any atom is -1.00 e. The molecule has 11 heteroatoms. The molecule has 4 nitrogen and oxygen atoms in total. The average molecular weight is 377 g/mol. The number of carboxylic acid groups (broad SMARTS) is 1. The molecule has 1 fully saturated rings. The largest absolute Gasteiger partial charge is 1.00 e. The van der Waals surface area contributed by atoms with E-state index in [4.69, 9.17) is 5.11 Å². The minimum absolute atomic E-state index is 0. The third kappa shape index (κ3) is 4.11. The van der Waals surface area contributed by atoms with Crippen LogP contribution in [0, 0.1) is 5.92 Å². The molecule has 0 radical (unpaired) electrons. The monoisotopic (exact) mass is 376 g/mol. The van der Waals surface area contributed by atoms with Gasteiger partial charge in [0.05, 0.1) is 17.0 Å². The number of carbonyl (C=O) groups excluding carboxylic acids is 1. The highest BCUT2D eigenvalue weighted by molar-refractivity contribution is 5.99. The van der Waals surface area contributed by atoms with Crippen LogP contribution in [0.1, 0.15) is 17.5 Å². The number of carboxylic acids is 1. The number of nitrogens with zero attached hydrogens (tertiary/aromatic N) is 1. The Bertz CT molecular complexity index is 626. The average Bonchev–Trinajstić information content (AvgIpc) is 2.78. The van der Waals surface area contributed by atoms with Gasteiger partial charge in [-0.1, -0.05) is 0 Å². The molecule has 1 aromatic rings. The van der Waals surface area contributed by atoms with Crippen LogP contribution in [0.2, 0.25) is 0 Å². The molecule has 1 amide bonds. The van der Waals surface area contributed by atoms with Gasteiger partial charge in [-0.05, 0) is 18.2 Å². The molecule has 1 aromatic carbocycles. The Kier molecular flexibility index (Phi) is 5.44. The Hall–Kier alpha value is -1.97. The van der Waals surface area contributed by atoms with Crippen molar-refractivity contribution in [2.45, 2.75) is 18.8 Å². The number of rotatable bonds is 2. The standard InChI is InChI=1S/C13H9F6NO3.ClH/c14-12(15,16)7-2-8(13(17,18)19)4-9(3-7)20-5-6(11(22)23)1-10(20)21;/h2-4,6H,1,5H2,(H,22,23);1H/p-1. The number of anilines is 1. The van der Waals surface area contributed by atoms with E-state index in [1.54, 1.807) is 0 Å². The molecule has 0 aromatic heterocycles. The van der Waals surface area contributed by atoms with E-state index in [1.807, 2.05) is 0 Å². The SMILES string of the molecule is O=C(O)C1CC(=O)N(c2cc(C(F)(F)F)cc(C(F)(F)F)c2)C1.[Cl-]. The molecule has 1 unspecified atom stereocenters. The summed E-state index contributed by atoms with van der Waals surface area (Å²) in [6.07, 6.45) is -10.6. The van der Waals surface area contributed by atoms with Crippen LogP contribution in [0.5, 0.6) is 0 Å². The van der Waals surface area contributed by atoms with Gasteiger partial charge < -0.3 is 22.4 Å². The first-order chi connectivity index (χ1) is 10.4. The summed E-state index contributed by atoms with van der Waals surface area (Å²) in [5.41, 5.74) is -3.75. The van der Waals surface area contributed by atoms with E-state index >= 15 is 0 Å². The summed E-state index contributed by atoms with van der Waals surface area (Å²) < 4.78 is 76.6. The van der Waals surface area contributed by atoms with E-state index in [2.05, 4.69) is 0 Å². The van der Waals surface area contributed by atoms with Crippen LogP contribution in [0.15, 0.2) is 18.2 Å². The fourth-order valence-electron chi connectivity index (χ4n) is 2.22. The number of halogens is 7.